The van der Waals surface area contributed by atoms with E-state index in [4.69, 9.17) is 11.6 Å². The number of carbonyl (C=O) groups excluding carboxylic acids is 2. The molecule has 1 aromatic heterocycles. The predicted molar refractivity (Wildman–Crippen MR) is 90.5 cm³/mol. The van der Waals surface area contributed by atoms with Gasteiger partial charge in [0, 0.05) is 17.8 Å². The molecule has 8 nitrogen and oxygen atoms in total. The normalized spacial score (nSPS) is 14.1. The Morgan fingerprint density at radius 1 is 1.12 bits per heavy atom. The van der Waals surface area contributed by atoms with Crippen LogP contribution in [-0.2, 0) is 10.0 Å². The number of hydrazine groups is 1. The fourth-order valence-corrected chi connectivity index (χ4v) is 3.89. The smallest absolute Gasteiger partial charge is 0.286 e. The summed E-state index contributed by atoms with van der Waals surface area (Å²) in [5.41, 5.74) is 4.77. The molecule has 0 radical (unpaired) electrons. The summed E-state index contributed by atoms with van der Waals surface area (Å²) >= 11 is 5.96. The van der Waals surface area contributed by atoms with Crippen molar-refractivity contribution in [3.05, 3.63) is 52.8 Å². The molecule has 1 aliphatic rings. The number of benzene rings is 1. The standard InChI is InChI=1S/C15H15ClN4O4S/c16-11-6-3-9(8-13(11)25(23,24)20-10-4-5-10)14(21)18-19-15(22)12-2-1-7-17-12/h1-3,6-8,10,17,20H,4-5H2,(H,18,21)(H,19,22). The lowest BCUT2D eigenvalue weighted by molar-refractivity contribution is 0.0844. The fraction of sp³-hybridized carbons (Fsp3) is 0.200. The summed E-state index contributed by atoms with van der Waals surface area (Å²) in [5, 5.41) is 0.0140. The van der Waals surface area contributed by atoms with E-state index >= 15 is 0 Å². The number of aromatic nitrogens is 1. The first-order chi connectivity index (χ1) is 11.9. The van der Waals surface area contributed by atoms with Crippen molar-refractivity contribution < 1.29 is 18.0 Å². The van der Waals surface area contributed by atoms with E-state index in [0.717, 1.165) is 12.8 Å². The van der Waals surface area contributed by atoms with Gasteiger partial charge in [0.25, 0.3) is 11.8 Å². The van der Waals surface area contributed by atoms with Crippen LogP contribution in [0.4, 0.5) is 0 Å². The van der Waals surface area contributed by atoms with Crippen LogP contribution in [0, 0.1) is 0 Å². The molecule has 0 bridgehead atoms. The van der Waals surface area contributed by atoms with E-state index in [0.29, 0.717) is 0 Å². The number of hydrogen-bond acceptors (Lipinski definition) is 4. The molecule has 132 valence electrons. The van der Waals surface area contributed by atoms with Gasteiger partial charge in [-0.15, -0.1) is 0 Å². The molecule has 1 saturated carbocycles. The van der Waals surface area contributed by atoms with E-state index in [1.54, 1.807) is 12.3 Å². The van der Waals surface area contributed by atoms with E-state index < -0.39 is 21.8 Å². The Bertz CT molecular complexity index is 908. The van der Waals surface area contributed by atoms with Gasteiger partial charge in [0.05, 0.1) is 5.02 Å². The minimum absolute atomic E-state index is 0.0140. The summed E-state index contributed by atoms with van der Waals surface area (Å²) in [5.74, 6) is -1.20. The monoisotopic (exact) mass is 382 g/mol. The maximum Gasteiger partial charge on any atom is 0.286 e. The van der Waals surface area contributed by atoms with Crippen LogP contribution >= 0.6 is 11.6 Å². The van der Waals surface area contributed by atoms with Gasteiger partial charge in [-0.2, -0.15) is 0 Å². The van der Waals surface area contributed by atoms with Crippen molar-refractivity contribution in [3.8, 4) is 0 Å². The van der Waals surface area contributed by atoms with E-state index in [2.05, 4.69) is 20.6 Å². The first-order valence-corrected chi connectivity index (χ1v) is 9.29. The molecule has 25 heavy (non-hydrogen) atoms. The first kappa shape index (κ1) is 17.5. The van der Waals surface area contributed by atoms with Gasteiger partial charge in [0.1, 0.15) is 10.6 Å². The Kier molecular flexibility index (Phi) is 4.80. The van der Waals surface area contributed by atoms with Crippen LogP contribution in [0.15, 0.2) is 41.4 Å². The quantitative estimate of drug-likeness (QED) is 0.580. The van der Waals surface area contributed by atoms with E-state index in [1.165, 1.54) is 24.3 Å². The largest absolute Gasteiger partial charge is 0.357 e. The van der Waals surface area contributed by atoms with Crippen LogP contribution in [0.5, 0.6) is 0 Å². The third-order valence-corrected chi connectivity index (χ3v) is 5.52. The third-order valence-electron chi connectivity index (χ3n) is 3.51. The molecule has 1 fully saturated rings. The van der Waals surface area contributed by atoms with E-state index in [-0.39, 0.29) is 27.2 Å². The van der Waals surface area contributed by atoms with Crippen molar-refractivity contribution in [1.82, 2.24) is 20.6 Å². The minimum atomic E-state index is -3.80. The summed E-state index contributed by atoms with van der Waals surface area (Å²) < 4.78 is 27.1. The second kappa shape index (κ2) is 6.87. The summed E-state index contributed by atoms with van der Waals surface area (Å²) in [6.07, 6.45) is 3.13. The highest BCUT2D eigenvalue weighted by atomic mass is 35.5. The highest BCUT2D eigenvalue weighted by Gasteiger charge is 2.29. The molecule has 0 saturated heterocycles. The summed E-state index contributed by atoms with van der Waals surface area (Å²) in [7, 11) is -3.80. The molecule has 10 heteroatoms. The van der Waals surface area contributed by atoms with Gasteiger partial charge in [0.2, 0.25) is 10.0 Å². The average Bonchev–Trinajstić information content (AvgIpc) is 3.20. The van der Waals surface area contributed by atoms with Gasteiger partial charge in [0.15, 0.2) is 0 Å². The lowest BCUT2D eigenvalue weighted by atomic mass is 10.2. The number of hydrogen-bond donors (Lipinski definition) is 4. The SMILES string of the molecule is O=C(NNC(=O)c1ccc[nH]1)c1ccc(Cl)c(S(=O)(=O)NC2CC2)c1. The fourth-order valence-electron chi connectivity index (χ4n) is 2.06. The van der Waals surface area contributed by atoms with Gasteiger partial charge in [-0.3, -0.25) is 20.4 Å². The van der Waals surface area contributed by atoms with Gasteiger partial charge < -0.3 is 4.98 Å². The molecule has 1 aliphatic carbocycles. The topological polar surface area (TPSA) is 120 Å². The molecule has 0 unspecified atom stereocenters. The Labute approximate surface area is 149 Å². The first-order valence-electron chi connectivity index (χ1n) is 7.43. The van der Waals surface area contributed by atoms with Crippen molar-refractivity contribution in [2.75, 3.05) is 0 Å². The van der Waals surface area contributed by atoms with Gasteiger partial charge in [-0.1, -0.05) is 11.6 Å². The van der Waals surface area contributed by atoms with E-state index in [1.807, 2.05) is 0 Å². The number of carbonyl (C=O) groups is 2. The maximum atomic E-state index is 12.3. The Hall–Kier alpha value is -2.36. The molecule has 2 aromatic rings. The molecule has 1 aromatic carbocycles. The van der Waals surface area contributed by atoms with Crippen LogP contribution < -0.4 is 15.6 Å². The average molecular weight is 383 g/mol. The Morgan fingerprint density at radius 3 is 2.48 bits per heavy atom. The van der Waals surface area contributed by atoms with Crippen LogP contribution in [0.1, 0.15) is 33.7 Å². The highest BCUT2D eigenvalue weighted by Crippen LogP contribution is 2.26. The summed E-state index contributed by atoms with van der Waals surface area (Å²) in [6, 6.07) is 6.96. The lowest BCUT2D eigenvalue weighted by Gasteiger charge is -2.10. The Morgan fingerprint density at radius 2 is 1.84 bits per heavy atom. The number of H-pyrrole nitrogens is 1. The molecule has 2 amide bonds. The highest BCUT2D eigenvalue weighted by molar-refractivity contribution is 7.89. The molecular formula is C15H15ClN4O4S. The Balaban J connectivity index is 1.72. The molecular weight excluding hydrogens is 368 g/mol. The minimum Gasteiger partial charge on any atom is -0.357 e. The maximum absolute atomic E-state index is 12.3. The second-order valence-corrected chi connectivity index (χ2v) is 7.62. The number of halogens is 1. The molecule has 0 aliphatic heterocycles. The molecule has 4 N–H and O–H groups in total. The van der Waals surface area contributed by atoms with Crippen molar-refractivity contribution in [3.63, 3.8) is 0 Å². The van der Waals surface area contributed by atoms with Crippen molar-refractivity contribution in [2.45, 2.75) is 23.8 Å². The number of rotatable bonds is 5. The zero-order valence-electron chi connectivity index (χ0n) is 12.9. The number of aromatic amines is 1. The number of amides is 2. The van der Waals surface area contributed by atoms with Crippen molar-refractivity contribution in [1.29, 1.82) is 0 Å². The van der Waals surface area contributed by atoms with Crippen LogP contribution in [0.2, 0.25) is 5.02 Å². The predicted octanol–water partition coefficient (Wildman–Crippen LogP) is 1.18. The van der Waals surface area contributed by atoms with Crippen LogP contribution in [0.3, 0.4) is 0 Å². The third kappa shape index (κ3) is 4.19. The number of sulfonamides is 1. The molecule has 1 heterocycles. The van der Waals surface area contributed by atoms with Crippen molar-refractivity contribution >= 4 is 33.4 Å². The van der Waals surface area contributed by atoms with Gasteiger partial charge in [-0.05, 0) is 43.2 Å². The molecule has 0 atom stereocenters. The lowest BCUT2D eigenvalue weighted by Crippen LogP contribution is -2.41. The molecule has 3 rings (SSSR count). The van der Waals surface area contributed by atoms with Gasteiger partial charge >= 0.3 is 0 Å². The molecule has 0 spiro atoms. The summed E-state index contributed by atoms with van der Waals surface area (Å²) in [6.45, 7) is 0. The van der Waals surface area contributed by atoms with Gasteiger partial charge in [-0.25, -0.2) is 13.1 Å². The summed E-state index contributed by atoms with van der Waals surface area (Å²) in [4.78, 5) is 26.4. The van der Waals surface area contributed by atoms with Crippen LogP contribution in [-0.4, -0.2) is 31.3 Å². The zero-order valence-corrected chi connectivity index (χ0v) is 14.4. The van der Waals surface area contributed by atoms with Crippen molar-refractivity contribution in [2.24, 2.45) is 0 Å². The zero-order chi connectivity index (χ0) is 18.0. The second-order valence-electron chi connectivity index (χ2n) is 5.53. The number of nitrogens with one attached hydrogen (secondary N) is 4. The van der Waals surface area contributed by atoms with E-state index in [9.17, 15) is 18.0 Å². The van der Waals surface area contributed by atoms with Crippen LogP contribution in [0.25, 0.3) is 0 Å².